The number of rotatable bonds is 5. The van der Waals surface area contributed by atoms with E-state index in [1.54, 1.807) is 6.92 Å². The molecule has 0 radical (unpaired) electrons. The van der Waals surface area contributed by atoms with Gasteiger partial charge >= 0.3 is 5.97 Å². The minimum absolute atomic E-state index is 0.102. The van der Waals surface area contributed by atoms with Gasteiger partial charge in [-0.1, -0.05) is 48.0 Å². The standard InChI is InChI=1S/C21H19N3O3/c1-3-27-21(26)17-13-18(24-23-16-11-9-14(2)10-12-16)19(22-20(17)25)15-7-5-4-6-8-15/h4-13H,3H2,1-2H3,(H,22,25). The number of ether oxygens (including phenoxy) is 1. The van der Waals surface area contributed by atoms with Crippen molar-refractivity contribution in [2.45, 2.75) is 13.8 Å². The molecule has 1 N–H and O–H groups in total. The van der Waals surface area contributed by atoms with Crippen molar-refractivity contribution in [3.63, 3.8) is 0 Å². The number of esters is 1. The quantitative estimate of drug-likeness (QED) is 0.516. The first-order valence-corrected chi connectivity index (χ1v) is 8.56. The van der Waals surface area contributed by atoms with E-state index in [1.165, 1.54) is 6.07 Å². The summed E-state index contributed by atoms with van der Waals surface area (Å²) in [6.07, 6.45) is 0. The average molecular weight is 361 g/mol. The van der Waals surface area contributed by atoms with Crippen LogP contribution >= 0.6 is 0 Å². The van der Waals surface area contributed by atoms with Gasteiger partial charge in [-0.2, -0.15) is 5.11 Å². The molecule has 0 unspecified atom stereocenters. The van der Waals surface area contributed by atoms with Crippen molar-refractivity contribution in [3.8, 4) is 11.3 Å². The summed E-state index contributed by atoms with van der Waals surface area (Å²) in [5, 5.41) is 8.50. The minimum atomic E-state index is -0.690. The lowest BCUT2D eigenvalue weighted by Gasteiger charge is -2.08. The number of hydrogen-bond acceptors (Lipinski definition) is 5. The number of aromatic amines is 1. The highest BCUT2D eigenvalue weighted by Crippen LogP contribution is 2.29. The van der Waals surface area contributed by atoms with E-state index in [9.17, 15) is 9.59 Å². The smallest absolute Gasteiger partial charge is 0.343 e. The van der Waals surface area contributed by atoms with Crippen LogP contribution < -0.4 is 5.56 Å². The van der Waals surface area contributed by atoms with Crippen LogP contribution in [0.2, 0.25) is 0 Å². The van der Waals surface area contributed by atoms with Crippen LogP contribution in [0.5, 0.6) is 0 Å². The van der Waals surface area contributed by atoms with Crippen molar-refractivity contribution in [2.75, 3.05) is 6.61 Å². The van der Waals surface area contributed by atoms with Crippen LogP contribution in [-0.4, -0.2) is 17.6 Å². The highest BCUT2D eigenvalue weighted by atomic mass is 16.5. The molecule has 1 aromatic heterocycles. The van der Waals surface area contributed by atoms with Crippen LogP contribution in [0.1, 0.15) is 22.8 Å². The molecule has 0 amide bonds. The predicted octanol–water partition coefficient (Wildman–Crippen LogP) is 4.94. The van der Waals surface area contributed by atoms with Crippen LogP contribution in [0, 0.1) is 6.92 Å². The summed E-state index contributed by atoms with van der Waals surface area (Å²) < 4.78 is 4.95. The Hall–Kier alpha value is -3.54. The largest absolute Gasteiger partial charge is 0.462 e. The summed E-state index contributed by atoms with van der Waals surface area (Å²) in [5.74, 6) is -0.690. The molecule has 6 heteroatoms. The second-order valence-corrected chi connectivity index (χ2v) is 5.89. The number of azo groups is 1. The van der Waals surface area contributed by atoms with Crippen molar-refractivity contribution in [3.05, 3.63) is 82.1 Å². The Kier molecular flexibility index (Phi) is 5.56. The topological polar surface area (TPSA) is 83.9 Å². The summed E-state index contributed by atoms with van der Waals surface area (Å²) in [4.78, 5) is 27.2. The maximum Gasteiger partial charge on any atom is 0.343 e. The van der Waals surface area contributed by atoms with Crippen molar-refractivity contribution in [1.29, 1.82) is 0 Å². The number of aromatic nitrogens is 1. The van der Waals surface area contributed by atoms with Crippen LogP contribution in [0.15, 0.2) is 75.7 Å². The zero-order valence-electron chi connectivity index (χ0n) is 15.1. The van der Waals surface area contributed by atoms with Gasteiger partial charge in [-0.05, 0) is 32.0 Å². The third kappa shape index (κ3) is 4.36. The van der Waals surface area contributed by atoms with Gasteiger partial charge in [0.2, 0.25) is 0 Å². The summed E-state index contributed by atoms with van der Waals surface area (Å²) in [6.45, 7) is 3.85. The molecular formula is C21H19N3O3. The van der Waals surface area contributed by atoms with Gasteiger partial charge in [0.15, 0.2) is 0 Å². The molecular weight excluding hydrogens is 342 g/mol. The molecule has 6 nitrogen and oxygen atoms in total. The fraction of sp³-hybridized carbons (Fsp3) is 0.143. The highest BCUT2D eigenvalue weighted by Gasteiger charge is 2.16. The monoisotopic (exact) mass is 361 g/mol. The van der Waals surface area contributed by atoms with Gasteiger partial charge in [0.1, 0.15) is 11.3 Å². The molecule has 0 saturated heterocycles. The van der Waals surface area contributed by atoms with Gasteiger partial charge in [-0.3, -0.25) is 4.79 Å². The van der Waals surface area contributed by atoms with Gasteiger partial charge in [0.05, 0.1) is 18.0 Å². The van der Waals surface area contributed by atoms with Gasteiger partial charge < -0.3 is 9.72 Å². The summed E-state index contributed by atoms with van der Waals surface area (Å²) in [7, 11) is 0. The zero-order chi connectivity index (χ0) is 19.2. The van der Waals surface area contributed by atoms with E-state index in [0.29, 0.717) is 17.1 Å². The average Bonchev–Trinajstić information content (AvgIpc) is 2.69. The van der Waals surface area contributed by atoms with Crippen LogP contribution in [0.25, 0.3) is 11.3 Å². The first-order valence-electron chi connectivity index (χ1n) is 8.56. The second kappa shape index (κ2) is 8.23. The van der Waals surface area contributed by atoms with Crippen LogP contribution in [0.3, 0.4) is 0 Å². The van der Waals surface area contributed by atoms with E-state index in [-0.39, 0.29) is 12.2 Å². The van der Waals surface area contributed by atoms with Gasteiger partial charge in [0.25, 0.3) is 5.56 Å². The van der Waals surface area contributed by atoms with E-state index in [1.807, 2.05) is 61.5 Å². The van der Waals surface area contributed by atoms with E-state index in [0.717, 1.165) is 11.1 Å². The molecule has 1 heterocycles. The lowest BCUT2D eigenvalue weighted by Crippen LogP contribution is -2.20. The molecule has 136 valence electrons. The van der Waals surface area contributed by atoms with Gasteiger partial charge in [-0.25, -0.2) is 4.79 Å². The zero-order valence-corrected chi connectivity index (χ0v) is 15.1. The Balaban J connectivity index is 2.10. The molecule has 3 aromatic rings. The first kappa shape index (κ1) is 18.3. The maximum atomic E-state index is 12.4. The van der Waals surface area contributed by atoms with Crippen LogP contribution in [0.4, 0.5) is 11.4 Å². The number of benzene rings is 2. The SMILES string of the molecule is CCOC(=O)c1cc(N=Nc2ccc(C)cc2)c(-c2ccccc2)[nH]c1=O. The third-order valence-electron chi connectivity index (χ3n) is 3.89. The van der Waals surface area contributed by atoms with Gasteiger partial charge in [-0.15, -0.1) is 5.11 Å². The molecule has 2 aromatic carbocycles. The molecule has 3 rings (SSSR count). The number of pyridine rings is 1. The highest BCUT2D eigenvalue weighted by molar-refractivity contribution is 5.91. The second-order valence-electron chi connectivity index (χ2n) is 5.89. The van der Waals surface area contributed by atoms with E-state index < -0.39 is 11.5 Å². The first-order chi connectivity index (χ1) is 13.1. The number of nitrogens with zero attached hydrogens (tertiary/aromatic N) is 2. The van der Waals surface area contributed by atoms with E-state index in [2.05, 4.69) is 15.2 Å². The van der Waals surface area contributed by atoms with Crippen molar-refractivity contribution >= 4 is 17.3 Å². The summed E-state index contributed by atoms with van der Waals surface area (Å²) >= 11 is 0. The summed E-state index contributed by atoms with van der Waals surface area (Å²) in [6, 6.07) is 18.3. The molecule has 0 aliphatic heterocycles. The Morgan fingerprint density at radius 1 is 1.04 bits per heavy atom. The lowest BCUT2D eigenvalue weighted by molar-refractivity contribution is 0.0524. The maximum absolute atomic E-state index is 12.4. The van der Waals surface area contributed by atoms with E-state index >= 15 is 0 Å². The lowest BCUT2D eigenvalue weighted by atomic mass is 10.1. The number of nitrogens with one attached hydrogen (secondary N) is 1. The number of hydrogen-bond donors (Lipinski definition) is 1. The number of carbonyl (C=O) groups excluding carboxylic acids is 1. The molecule has 0 spiro atoms. The predicted molar refractivity (Wildman–Crippen MR) is 104 cm³/mol. The third-order valence-corrected chi connectivity index (χ3v) is 3.89. The Bertz CT molecular complexity index is 1020. The van der Waals surface area contributed by atoms with Crippen molar-refractivity contribution < 1.29 is 9.53 Å². The van der Waals surface area contributed by atoms with E-state index in [4.69, 9.17) is 4.74 Å². The fourth-order valence-electron chi connectivity index (χ4n) is 2.51. The Labute approximate surface area is 156 Å². The molecule has 0 aliphatic rings. The number of carbonyl (C=O) groups is 1. The molecule has 0 aliphatic carbocycles. The minimum Gasteiger partial charge on any atom is -0.462 e. The summed E-state index contributed by atoms with van der Waals surface area (Å²) in [5.41, 5.74) is 2.80. The normalized spacial score (nSPS) is 10.9. The molecule has 0 atom stereocenters. The molecule has 27 heavy (non-hydrogen) atoms. The fourth-order valence-corrected chi connectivity index (χ4v) is 2.51. The number of aryl methyl sites for hydroxylation is 1. The van der Waals surface area contributed by atoms with Crippen LogP contribution in [-0.2, 0) is 4.74 Å². The molecule has 0 bridgehead atoms. The Morgan fingerprint density at radius 3 is 2.41 bits per heavy atom. The van der Waals surface area contributed by atoms with Crippen molar-refractivity contribution in [2.24, 2.45) is 10.2 Å². The molecule has 0 saturated carbocycles. The van der Waals surface area contributed by atoms with Gasteiger partial charge in [0, 0.05) is 5.56 Å². The molecule has 0 fully saturated rings. The Morgan fingerprint density at radius 2 is 1.74 bits per heavy atom. The number of H-pyrrole nitrogens is 1. The van der Waals surface area contributed by atoms with Crippen molar-refractivity contribution in [1.82, 2.24) is 4.98 Å².